The number of carbonyl (C=O) groups is 2. The van der Waals surface area contributed by atoms with Gasteiger partial charge in [0.2, 0.25) is 5.91 Å². The summed E-state index contributed by atoms with van der Waals surface area (Å²) in [5.74, 6) is -0.362. The number of nitriles is 1. The number of benzene rings is 1. The monoisotopic (exact) mass is 389 g/mol. The van der Waals surface area contributed by atoms with Gasteiger partial charge in [-0.2, -0.15) is 5.26 Å². The van der Waals surface area contributed by atoms with Crippen molar-refractivity contribution in [3.8, 4) is 6.07 Å². The maximum Gasteiger partial charge on any atom is 0.264 e. The SMILES string of the molecule is CCN(CC)C(=O)c1sc(NC(=O)Cc2ccc(Cl)cc2)c(C#N)c1C. The van der Waals surface area contributed by atoms with E-state index >= 15 is 0 Å². The van der Waals surface area contributed by atoms with Crippen molar-refractivity contribution in [1.29, 1.82) is 5.26 Å². The lowest BCUT2D eigenvalue weighted by Gasteiger charge is -2.17. The van der Waals surface area contributed by atoms with E-state index < -0.39 is 0 Å². The summed E-state index contributed by atoms with van der Waals surface area (Å²) >= 11 is 7.00. The van der Waals surface area contributed by atoms with E-state index in [9.17, 15) is 14.9 Å². The Kier molecular flexibility index (Phi) is 6.78. The van der Waals surface area contributed by atoms with Gasteiger partial charge in [-0.15, -0.1) is 11.3 Å². The molecule has 26 heavy (non-hydrogen) atoms. The van der Waals surface area contributed by atoms with Gasteiger partial charge in [-0.05, 0) is 44.0 Å². The van der Waals surface area contributed by atoms with Gasteiger partial charge in [-0.1, -0.05) is 23.7 Å². The van der Waals surface area contributed by atoms with Crippen molar-refractivity contribution in [2.75, 3.05) is 18.4 Å². The Balaban J connectivity index is 2.22. The van der Waals surface area contributed by atoms with E-state index in [0.717, 1.165) is 16.9 Å². The van der Waals surface area contributed by atoms with Gasteiger partial charge in [0.1, 0.15) is 11.1 Å². The van der Waals surface area contributed by atoms with Crippen LogP contribution in [-0.4, -0.2) is 29.8 Å². The quantitative estimate of drug-likeness (QED) is 0.802. The number of nitrogens with zero attached hydrogens (tertiary/aromatic N) is 2. The van der Waals surface area contributed by atoms with E-state index in [1.165, 1.54) is 0 Å². The standard InChI is InChI=1S/C19H20ClN3O2S/c1-4-23(5-2)19(25)17-12(3)15(11-21)18(26-17)22-16(24)10-13-6-8-14(20)9-7-13/h6-9H,4-5,10H2,1-3H3,(H,22,24). The molecule has 0 saturated carbocycles. The van der Waals surface area contributed by atoms with E-state index in [1.54, 1.807) is 36.1 Å². The van der Waals surface area contributed by atoms with Crippen LogP contribution in [-0.2, 0) is 11.2 Å². The van der Waals surface area contributed by atoms with Crippen LogP contribution >= 0.6 is 22.9 Å². The predicted molar refractivity (Wildman–Crippen MR) is 105 cm³/mol. The van der Waals surface area contributed by atoms with Crippen molar-refractivity contribution in [2.45, 2.75) is 27.2 Å². The largest absolute Gasteiger partial charge is 0.338 e. The summed E-state index contributed by atoms with van der Waals surface area (Å²) < 4.78 is 0. The van der Waals surface area contributed by atoms with Crippen LogP contribution < -0.4 is 5.32 Å². The number of nitrogens with one attached hydrogen (secondary N) is 1. The molecule has 2 rings (SSSR count). The van der Waals surface area contributed by atoms with Gasteiger partial charge in [0.25, 0.3) is 5.91 Å². The summed E-state index contributed by atoms with van der Waals surface area (Å²) in [7, 11) is 0. The van der Waals surface area contributed by atoms with Crippen LogP contribution in [0.2, 0.25) is 5.02 Å². The lowest BCUT2D eigenvalue weighted by molar-refractivity contribution is -0.115. The lowest BCUT2D eigenvalue weighted by Crippen LogP contribution is -2.30. The Morgan fingerprint density at radius 1 is 1.23 bits per heavy atom. The molecule has 7 heteroatoms. The maximum absolute atomic E-state index is 12.6. The van der Waals surface area contributed by atoms with E-state index in [4.69, 9.17) is 11.6 Å². The molecule has 5 nitrogen and oxygen atoms in total. The van der Waals surface area contributed by atoms with E-state index in [0.29, 0.717) is 39.1 Å². The van der Waals surface area contributed by atoms with E-state index in [1.807, 2.05) is 13.8 Å². The second kappa shape index (κ2) is 8.84. The van der Waals surface area contributed by atoms with Crippen LogP contribution in [0.1, 0.15) is 40.2 Å². The minimum absolute atomic E-state index is 0.118. The predicted octanol–water partition coefficient (Wildman–Crippen LogP) is 4.24. The molecule has 136 valence electrons. The Morgan fingerprint density at radius 2 is 1.85 bits per heavy atom. The Hall–Kier alpha value is -2.36. The third-order valence-corrected chi connectivity index (χ3v) is 5.48. The zero-order valence-corrected chi connectivity index (χ0v) is 16.5. The first kappa shape index (κ1) is 20.0. The topological polar surface area (TPSA) is 73.2 Å². The summed E-state index contributed by atoms with van der Waals surface area (Å²) in [6.07, 6.45) is 0.165. The molecule has 1 N–H and O–H groups in total. The Bertz CT molecular complexity index is 849. The second-order valence-corrected chi connectivity index (χ2v) is 7.16. The highest BCUT2D eigenvalue weighted by molar-refractivity contribution is 7.18. The van der Waals surface area contributed by atoms with Gasteiger partial charge in [0.05, 0.1) is 16.9 Å². The average Bonchev–Trinajstić information content (AvgIpc) is 2.93. The van der Waals surface area contributed by atoms with E-state index in [2.05, 4.69) is 11.4 Å². The molecular formula is C19H20ClN3O2S. The number of hydrogen-bond donors (Lipinski definition) is 1. The number of hydrogen-bond acceptors (Lipinski definition) is 4. The molecular weight excluding hydrogens is 370 g/mol. The van der Waals surface area contributed by atoms with Gasteiger partial charge >= 0.3 is 0 Å². The van der Waals surface area contributed by atoms with Crippen LogP contribution in [0, 0.1) is 18.3 Å². The molecule has 1 aromatic carbocycles. The number of rotatable bonds is 6. The molecule has 0 aliphatic rings. The third kappa shape index (κ3) is 4.43. The summed E-state index contributed by atoms with van der Waals surface area (Å²) in [4.78, 5) is 27.1. The maximum atomic E-state index is 12.6. The Labute approximate surface area is 162 Å². The number of halogens is 1. The molecule has 0 spiro atoms. The average molecular weight is 390 g/mol. The van der Waals surface area contributed by atoms with Crippen molar-refractivity contribution in [1.82, 2.24) is 4.90 Å². The minimum atomic E-state index is -0.244. The van der Waals surface area contributed by atoms with Crippen LogP contribution in [0.15, 0.2) is 24.3 Å². The molecule has 1 heterocycles. The van der Waals surface area contributed by atoms with Crippen molar-refractivity contribution >= 4 is 39.8 Å². The van der Waals surface area contributed by atoms with Gasteiger partial charge < -0.3 is 10.2 Å². The summed E-state index contributed by atoms with van der Waals surface area (Å²) in [5, 5.41) is 13.2. The first-order valence-electron chi connectivity index (χ1n) is 8.28. The molecule has 0 radical (unpaired) electrons. The molecule has 0 aliphatic carbocycles. The van der Waals surface area contributed by atoms with Gasteiger partial charge in [-0.3, -0.25) is 9.59 Å². The smallest absolute Gasteiger partial charge is 0.264 e. The number of carbonyl (C=O) groups excluding carboxylic acids is 2. The normalized spacial score (nSPS) is 10.3. The zero-order valence-electron chi connectivity index (χ0n) is 14.9. The van der Waals surface area contributed by atoms with Crippen LogP contribution in [0.4, 0.5) is 5.00 Å². The number of anilines is 1. The molecule has 0 saturated heterocycles. The highest BCUT2D eigenvalue weighted by Crippen LogP contribution is 2.33. The first-order valence-corrected chi connectivity index (χ1v) is 9.47. The molecule has 0 unspecified atom stereocenters. The zero-order chi connectivity index (χ0) is 19.3. The summed E-state index contributed by atoms with van der Waals surface area (Å²) in [5.41, 5.74) is 1.77. The fourth-order valence-corrected chi connectivity index (χ4v) is 3.82. The third-order valence-electron chi connectivity index (χ3n) is 4.03. The molecule has 2 aromatic rings. The fraction of sp³-hybridized carbons (Fsp3) is 0.316. The molecule has 1 aromatic heterocycles. The van der Waals surface area contributed by atoms with Gasteiger partial charge in [-0.25, -0.2) is 0 Å². The molecule has 0 atom stereocenters. The fourth-order valence-electron chi connectivity index (χ4n) is 2.55. The minimum Gasteiger partial charge on any atom is -0.338 e. The van der Waals surface area contributed by atoms with Crippen molar-refractivity contribution < 1.29 is 9.59 Å². The van der Waals surface area contributed by atoms with Crippen LogP contribution in [0.3, 0.4) is 0 Å². The summed E-state index contributed by atoms with van der Waals surface area (Å²) in [6.45, 7) is 6.73. The highest BCUT2D eigenvalue weighted by atomic mass is 35.5. The lowest BCUT2D eigenvalue weighted by atomic mass is 10.1. The van der Waals surface area contributed by atoms with Gasteiger partial charge in [0, 0.05) is 18.1 Å². The molecule has 0 bridgehead atoms. The molecule has 0 aliphatic heterocycles. The molecule has 0 fully saturated rings. The second-order valence-electron chi connectivity index (χ2n) is 5.70. The number of amides is 2. The van der Waals surface area contributed by atoms with Crippen molar-refractivity contribution in [2.24, 2.45) is 0 Å². The Morgan fingerprint density at radius 3 is 2.38 bits per heavy atom. The highest BCUT2D eigenvalue weighted by Gasteiger charge is 2.23. The van der Waals surface area contributed by atoms with Crippen molar-refractivity contribution in [3.63, 3.8) is 0 Å². The van der Waals surface area contributed by atoms with E-state index in [-0.39, 0.29) is 18.2 Å². The van der Waals surface area contributed by atoms with Crippen molar-refractivity contribution in [3.05, 3.63) is 50.9 Å². The number of thiophene rings is 1. The molecule has 2 amide bonds. The summed E-state index contributed by atoms with van der Waals surface area (Å²) in [6, 6.07) is 9.10. The van der Waals surface area contributed by atoms with Crippen LogP contribution in [0.25, 0.3) is 0 Å². The van der Waals surface area contributed by atoms with Crippen LogP contribution in [0.5, 0.6) is 0 Å². The first-order chi connectivity index (χ1) is 12.4. The van der Waals surface area contributed by atoms with Gasteiger partial charge in [0.15, 0.2) is 0 Å².